The Balaban J connectivity index is 1.53. The number of carbonyl (C=O) groups is 3. The molecule has 0 saturated carbocycles. The van der Waals surface area contributed by atoms with E-state index in [1.807, 2.05) is 0 Å². The summed E-state index contributed by atoms with van der Waals surface area (Å²) >= 11 is 2.09. The van der Waals surface area contributed by atoms with Crippen LogP contribution in [-0.4, -0.2) is 22.7 Å². The molecule has 2 aromatic heterocycles. The summed E-state index contributed by atoms with van der Waals surface area (Å²) in [6, 6.07) is 18.6. The van der Waals surface area contributed by atoms with Gasteiger partial charge >= 0.3 is 0 Å². The molecule has 0 saturated heterocycles. The van der Waals surface area contributed by atoms with Crippen molar-refractivity contribution in [3.8, 4) is 0 Å². The summed E-state index contributed by atoms with van der Waals surface area (Å²) in [7, 11) is 0. The molecule has 4 rings (SSSR count). The van der Waals surface area contributed by atoms with Gasteiger partial charge in [-0.3, -0.25) is 19.4 Å². The number of amides is 3. The number of furan rings is 1. The highest BCUT2D eigenvalue weighted by Crippen LogP contribution is 2.23. The van der Waals surface area contributed by atoms with Crippen LogP contribution >= 0.6 is 22.6 Å². The summed E-state index contributed by atoms with van der Waals surface area (Å²) in [5.41, 5.74) is 1.61. The smallest absolute Gasteiger partial charge is 0.257 e. The Labute approximate surface area is 208 Å². The normalized spacial score (nSPS) is 10.4. The highest BCUT2D eigenvalue weighted by Gasteiger charge is 2.18. The Bertz CT molecular complexity index is 1320. The highest BCUT2D eigenvalue weighted by atomic mass is 127. The first-order valence-electron chi connectivity index (χ1n) is 10.2. The van der Waals surface area contributed by atoms with Gasteiger partial charge in [-0.05, 0) is 77.2 Å². The van der Waals surface area contributed by atoms with Crippen LogP contribution in [0.15, 0.2) is 89.8 Å². The van der Waals surface area contributed by atoms with Gasteiger partial charge in [0.15, 0.2) is 0 Å². The molecule has 0 radical (unpaired) electrons. The van der Waals surface area contributed by atoms with Crippen LogP contribution in [0, 0.1) is 3.57 Å². The molecule has 8 nitrogen and oxygen atoms in total. The van der Waals surface area contributed by atoms with Crippen molar-refractivity contribution in [2.75, 3.05) is 10.6 Å². The molecule has 4 aromatic rings. The van der Waals surface area contributed by atoms with Crippen LogP contribution in [0.2, 0.25) is 0 Å². The van der Waals surface area contributed by atoms with E-state index in [2.05, 4.69) is 43.5 Å². The van der Waals surface area contributed by atoms with Gasteiger partial charge in [0.1, 0.15) is 5.76 Å². The Hall–Kier alpha value is -3.99. The van der Waals surface area contributed by atoms with Crippen molar-refractivity contribution in [3.05, 3.63) is 111 Å². The zero-order valence-corrected chi connectivity index (χ0v) is 19.9. The van der Waals surface area contributed by atoms with Crippen molar-refractivity contribution < 1.29 is 18.8 Å². The summed E-state index contributed by atoms with van der Waals surface area (Å²) in [5, 5.41) is 8.32. The van der Waals surface area contributed by atoms with E-state index in [0.717, 1.165) is 3.57 Å². The van der Waals surface area contributed by atoms with Crippen LogP contribution in [0.25, 0.3) is 0 Å². The van der Waals surface area contributed by atoms with Gasteiger partial charge in [0, 0.05) is 16.0 Å². The molecule has 0 fully saturated rings. The van der Waals surface area contributed by atoms with E-state index in [1.54, 1.807) is 72.9 Å². The lowest BCUT2D eigenvalue weighted by Gasteiger charge is -2.14. The average molecular weight is 566 g/mol. The van der Waals surface area contributed by atoms with Crippen molar-refractivity contribution in [3.63, 3.8) is 0 Å². The molecule has 0 aliphatic carbocycles. The maximum absolute atomic E-state index is 13.2. The third-order valence-electron chi connectivity index (χ3n) is 4.82. The number of nitrogens with zero attached hydrogens (tertiary/aromatic N) is 1. The Morgan fingerprint density at radius 1 is 0.824 bits per heavy atom. The van der Waals surface area contributed by atoms with E-state index < -0.39 is 5.91 Å². The maximum Gasteiger partial charge on any atom is 0.257 e. The van der Waals surface area contributed by atoms with Crippen LogP contribution < -0.4 is 16.0 Å². The Kier molecular flexibility index (Phi) is 7.33. The molecule has 0 unspecified atom stereocenters. The van der Waals surface area contributed by atoms with Gasteiger partial charge in [-0.2, -0.15) is 0 Å². The van der Waals surface area contributed by atoms with E-state index >= 15 is 0 Å². The highest BCUT2D eigenvalue weighted by molar-refractivity contribution is 14.1. The summed E-state index contributed by atoms with van der Waals surface area (Å²) in [6.45, 7) is 0.218. The number of nitrogens with one attached hydrogen (secondary N) is 3. The van der Waals surface area contributed by atoms with Crippen molar-refractivity contribution in [2.45, 2.75) is 6.54 Å². The quantitative estimate of drug-likeness (QED) is 0.281. The van der Waals surface area contributed by atoms with Crippen LogP contribution in [0.5, 0.6) is 0 Å². The first kappa shape index (κ1) is 23.2. The van der Waals surface area contributed by atoms with Gasteiger partial charge in [-0.1, -0.05) is 12.1 Å². The van der Waals surface area contributed by atoms with Gasteiger partial charge in [-0.15, -0.1) is 0 Å². The van der Waals surface area contributed by atoms with Crippen LogP contribution in [-0.2, 0) is 6.54 Å². The van der Waals surface area contributed by atoms with Gasteiger partial charge in [-0.25, -0.2) is 0 Å². The SMILES string of the molecule is O=C(Nc1ccc(I)cc1C(=O)Nc1ccccc1C(=O)NCc1ccco1)c1cccnc1. The number of pyridine rings is 1. The summed E-state index contributed by atoms with van der Waals surface area (Å²) in [6.07, 6.45) is 4.55. The molecule has 3 amide bonds. The molecule has 3 N–H and O–H groups in total. The molecule has 170 valence electrons. The second-order valence-electron chi connectivity index (χ2n) is 7.15. The van der Waals surface area contributed by atoms with Crippen LogP contribution in [0.3, 0.4) is 0 Å². The predicted molar refractivity (Wildman–Crippen MR) is 136 cm³/mol. The third-order valence-corrected chi connectivity index (χ3v) is 5.49. The number of rotatable bonds is 7. The lowest BCUT2D eigenvalue weighted by Crippen LogP contribution is -2.25. The van der Waals surface area contributed by atoms with E-state index in [9.17, 15) is 14.4 Å². The first-order chi connectivity index (χ1) is 16.5. The van der Waals surface area contributed by atoms with E-state index in [1.165, 1.54) is 12.5 Å². The molecular weight excluding hydrogens is 547 g/mol. The number of para-hydroxylation sites is 1. The zero-order chi connectivity index (χ0) is 23.9. The minimum atomic E-state index is -0.466. The first-order valence-corrected chi connectivity index (χ1v) is 11.3. The van der Waals surface area contributed by atoms with Gasteiger partial charge in [0.25, 0.3) is 17.7 Å². The average Bonchev–Trinajstić information content (AvgIpc) is 3.38. The number of carbonyl (C=O) groups excluding carboxylic acids is 3. The third kappa shape index (κ3) is 5.67. The van der Waals surface area contributed by atoms with Crippen molar-refractivity contribution >= 4 is 51.7 Å². The Morgan fingerprint density at radius 3 is 2.38 bits per heavy atom. The second-order valence-corrected chi connectivity index (χ2v) is 8.39. The topological polar surface area (TPSA) is 113 Å². The van der Waals surface area contributed by atoms with Gasteiger partial charge < -0.3 is 20.4 Å². The standard InChI is InChI=1S/C25H19IN4O4/c26-17-9-10-22(29-23(31)16-5-3-11-27-14-16)20(13-17)25(33)30-21-8-2-1-7-19(21)24(32)28-15-18-6-4-12-34-18/h1-14H,15H2,(H,28,32)(H,29,31)(H,30,33). The molecule has 0 atom stereocenters. The molecule has 2 heterocycles. The van der Waals surface area contributed by atoms with E-state index in [0.29, 0.717) is 28.3 Å². The molecule has 2 aromatic carbocycles. The molecule has 0 aliphatic rings. The fraction of sp³-hybridized carbons (Fsp3) is 0.0400. The summed E-state index contributed by atoms with van der Waals surface area (Å²) < 4.78 is 6.05. The number of aromatic nitrogens is 1. The number of halogens is 1. The maximum atomic E-state index is 13.2. The molecule has 0 spiro atoms. The van der Waals surface area contributed by atoms with Crippen molar-refractivity contribution in [2.24, 2.45) is 0 Å². The number of hydrogen-bond donors (Lipinski definition) is 3. The second kappa shape index (κ2) is 10.8. The fourth-order valence-corrected chi connectivity index (χ4v) is 3.65. The minimum absolute atomic E-state index is 0.218. The zero-order valence-electron chi connectivity index (χ0n) is 17.7. The fourth-order valence-electron chi connectivity index (χ4n) is 3.16. The largest absolute Gasteiger partial charge is 0.467 e. The lowest BCUT2D eigenvalue weighted by molar-refractivity contribution is 0.0948. The van der Waals surface area contributed by atoms with Crippen molar-refractivity contribution in [1.82, 2.24) is 10.3 Å². The summed E-state index contributed by atoms with van der Waals surface area (Å²) in [4.78, 5) is 42.5. The lowest BCUT2D eigenvalue weighted by atomic mass is 10.1. The molecule has 0 bridgehead atoms. The van der Waals surface area contributed by atoms with Gasteiger partial charge in [0.05, 0.1) is 40.9 Å². The van der Waals surface area contributed by atoms with Crippen molar-refractivity contribution in [1.29, 1.82) is 0 Å². The Morgan fingerprint density at radius 2 is 1.62 bits per heavy atom. The molecule has 0 aliphatic heterocycles. The summed E-state index contributed by atoms with van der Waals surface area (Å²) in [5.74, 6) is -0.602. The molecular formula is C25H19IN4O4. The van der Waals surface area contributed by atoms with E-state index in [4.69, 9.17) is 4.42 Å². The number of anilines is 2. The number of hydrogen-bond acceptors (Lipinski definition) is 5. The predicted octanol–water partition coefficient (Wildman–Crippen LogP) is 4.71. The number of benzene rings is 2. The monoisotopic (exact) mass is 566 g/mol. The van der Waals surface area contributed by atoms with Crippen LogP contribution in [0.1, 0.15) is 36.8 Å². The van der Waals surface area contributed by atoms with Crippen LogP contribution in [0.4, 0.5) is 11.4 Å². The molecule has 34 heavy (non-hydrogen) atoms. The van der Waals surface area contributed by atoms with Gasteiger partial charge in [0.2, 0.25) is 0 Å². The minimum Gasteiger partial charge on any atom is -0.467 e. The van der Waals surface area contributed by atoms with E-state index in [-0.39, 0.29) is 23.9 Å². The molecule has 9 heteroatoms.